The van der Waals surface area contributed by atoms with Crippen molar-refractivity contribution >= 4 is 19.5 Å². The summed E-state index contributed by atoms with van der Waals surface area (Å²) in [6, 6.07) is 8.81. The highest BCUT2D eigenvalue weighted by atomic mass is 31.2. The fraction of sp³-hybridized carbons (Fsp3) is 0.579. The minimum atomic E-state index is -4.94. The Bertz CT molecular complexity index is 748. The van der Waals surface area contributed by atoms with Gasteiger partial charge in [-0.3, -0.25) is 13.9 Å². The number of rotatable bonds is 14. The number of aryl methyl sites for hydroxylation is 1. The number of unbranched alkanes of at least 4 members (excludes halogenated alkanes) is 1. The molecule has 0 aliphatic heterocycles. The van der Waals surface area contributed by atoms with Crippen LogP contribution in [-0.2, 0) is 25.1 Å². The number of amides is 1. The Morgan fingerprint density at radius 1 is 1.16 bits per heavy atom. The highest BCUT2D eigenvalue weighted by molar-refractivity contribution is 7.53. The summed E-state index contributed by atoms with van der Waals surface area (Å²) in [6.07, 6.45) is -8.01. The zero-order valence-electron chi connectivity index (χ0n) is 16.9. The molecule has 0 aliphatic carbocycles. The van der Waals surface area contributed by atoms with E-state index < -0.39 is 50.4 Å². The highest BCUT2D eigenvalue weighted by Crippen LogP contribution is 2.50. The molecule has 0 aromatic heterocycles. The van der Waals surface area contributed by atoms with E-state index in [9.17, 15) is 37.3 Å². The van der Waals surface area contributed by atoms with Gasteiger partial charge in [0, 0.05) is 12.8 Å². The molecule has 176 valence electrons. The van der Waals surface area contributed by atoms with Crippen LogP contribution in [0.15, 0.2) is 30.3 Å². The van der Waals surface area contributed by atoms with E-state index >= 15 is 0 Å². The fourth-order valence-electron chi connectivity index (χ4n) is 2.73. The zero-order valence-corrected chi connectivity index (χ0v) is 17.8. The summed E-state index contributed by atoms with van der Waals surface area (Å²) in [5, 5.41) is 11.3. The Labute approximate surface area is 178 Å². The van der Waals surface area contributed by atoms with Crippen LogP contribution in [0, 0.1) is 0 Å². The number of halogens is 3. The number of hydrogen-bond donors (Lipinski definition) is 4. The Hall–Kier alpha value is -1.94. The topological polar surface area (TPSA) is 139 Å². The lowest BCUT2D eigenvalue weighted by atomic mass is 10.1. The number of nitrogens with two attached hydrogens (primary N) is 1. The molecule has 1 amide bonds. The standard InChI is InChI=1S/C19H28F3N2O6P/c20-19(21,22)12-11-17(24-16(25)10-9-14-6-2-1-3-7-14)31(28,29)30-15(18(26)27)8-4-5-13-23/h1-3,6-7,15,17H,4-5,8-13,23H2,(H,24,25)(H,26,27)(H,28,29)/t15?,17-/m0/s1. The first kappa shape index (κ1) is 27.1. The van der Waals surface area contributed by atoms with Gasteiger partial charge in [-0.1, -0.05) is 30.3 Å². The highest BCUT2D eigenvalue weighted by Gasteiger charge is 2.40. The predicted molar refractivity (Wildman–Crippen MR) is 107 cm³/mol. The molecule has 0 saturated carbocycles. The Kier molecular flexibility index (Phi) is 11.2. The predicted octanol–water partition coefficient (Wildman–Crippen LogP) is 3.19. The van der Waals surface area contributed by atoms with E-state index in [-0.39, 0.29) is 32.2 Å². The molecule has 0 fully saturated rings. The van der Waals surface area contributed by atoms with Gasteiger partial charge in [-0.25, -0.2) is 4.79 Å². The Morgan fingerprint density at radius 3 is 2.35 bits per heavy atom. The lowest BCUT2D eigenvalue weighted by Gasteiger charge is -2.26. The summed E-state index contributed by atoms with van der Waals surface area (Å²) < 4.78 is 55.5. The van der Waals surface area contributed by atoms with E-state index in [1.54, 1.807) is 30.3 Å². The van der Waals surface area contributed by atoms with Crippen molar-refractivity contribution in [3.8, 4) is 0 Å². The lowest BCUT2D eigenvalue weighted by Crippen LogP contribution is -2.37. The number of nitrogens with one attached hydrogen (secondary N) is 1. The average molecular weight is 468 g/mol. The van der Waals surface area contributed by atoms with Crippen LogP contribution in [0.5, 0.6) is 0 Å². The number of aliphatic carboxylic acids is 1. The summed E-state index contributed by atoms with van der Waals surface area (Å²) in [5.74, 6) is -4.17. The second-order valence-corrected chi connectivity index (χ2v) is 8.97. The first-order valence-corrected chi connectivity index (χ1v) is 11.4. The third kappa shape index (κ3) is 11.3. The minimum absolute atomic E-state index is 0.134. The van der Waals surface area contributed by atoms with Gasteiger partial charge in [-0.05, 0) is 44.2 Å². The van der Waals surface area contributed by atoms with Gasteiger partial charge in [-0.2, -0.15) is 13.2 Å². The van der Waals surface area contributed by atoms with E-state index in [2.05, 4.69) is 5.32 Å². The number of carbonyl (C=O) groups is 2. The van der Waals surface area contributed by atoms with Crippen LogP contribution >= 0.6 is 7.60 Å². The third-order valence-corrected chi connectivity index (χ3v) is 6.11. The summed E-state index contributed by atoms with van der Waals surface area (Å²) >= 11 is 0. The second kappa shape index (κ2) is 12.8. The molecule has 1 rings (SSSR count). The molecule has 12 heteroatoms. The summed E-state index contributed by atoms with van der Waals surface area (Å²) in [6.45, 7) is 0.273. The Morgan fingerprint density at radius 2 is 1.81 bits per heavy atom. The van der Waals surface area contributed by atoms with E-state index in [0.717, 1.165) is 5.56 Å². The quantitative estimate of drug-likeness (QED) is 0.243. The van der Waals surface area contributed by atoms with Gasteiger partial charge in [0.2, 0.25) is 5.91 Å². The van der Waals surface area contributed by atoms with Gasteiger partial charge >= 0.3 is 19.7 Å². The number of hydrogen-bond acceptors (Lipinski definition) is 5. The van der Waals surface area contributed by atoms with E-state index in [0.29, 0.717) is 6.42 Å². The maximum atomic E-state index is 12.7. The number of alkyl halides is 3. The molecular weight excluding hydrogens is 440 g/mol. The van der Waals surface area contributed by atoms with Gasteiger partial charge in [-0.15, -0.1) is 0 Å². The van der Waals surface area contributed by atoms with Crippen molar-refractivity contribution in [1.29, 1.82) is 0 Å². The summed E-state index contributed by atoms with van der Waals surface area (Å²) in [5.41, 5.74) is 6.13. The van der Waals surface area contributed by atoms with Crippen LogP contribution in [0.25, 0.3) is 0 Å². The maximum absolute atomic E-state index is 12.7. The molecule has 5 N–H and O–H groups in total. The van der Waals surface area contributed by atoms with Crippen LogP contribution in [-0.4, -0.2) is 46.5 Å². The lowest BCUT2D eigenvalue weighted by molar-refractivity contribution is -0.146. The van der Waals surface area contributed by atoms with Gasteiger partial charge in [0.1, 0.15) is 5.78 Å². The van der Waals surface area contributed by atoms with Crippen LogP contribution in [0.2, 0.25) is 0 Å². The maximum Gasteiger partial charge on any atom is 0.389 e. The third-order valence-electron chi connectivity index (χ3n) is 4.38. The molecule has 3 atom stereocenters. The second-order valence-electron chi connectivity index (χ2n) is 7.00. The molecule has 0 bridgehead atoms. The van der Waals surface area contributed by atoms with Gasteiger partial charge in [0.05, 0.1) is 0 Å². The normalized spacial score (nSPS) is 15.6. The van der Waals surface area contributed by atoms with Gasteiger partial charge in [0.25, 0.3) is 0 Å². The smallest absolute Gasteiger partial charge is 0.389 e. The minimum Gasteiger partial charge on any atom is -0.479 e. The van der Waals surface area contributed by atoms with Crippen molar-refractivity contribution in [3.63, 3.8) is 0 Å². The first-order chi connectivity index (χ1) is 14.4. The van der Waals surface area contributed by atoms with Crippen molar-refractivity contribution in [3.05, 3.63) is 35.9 Å². The molecule has 31 heavy (non-hydrogen) atoms. The van der Waals surface area contributed by atoms with Crippen molar-refractivity contribution in [2.75, 3.05) is 6.54 Å². The SMILES string of the molecule is NCCCCC(OP(=O)(O)[C@@H](CCC(F)(F)F)NC(=O)CCc1ccccc1)C(=O)O. The molecule has 0 radical (unpaired) electrons. The molecule has 2 unspecified atom stereocenters. The molecular formula is C19H28F3N2O6P. The van der Waals surface area contributed by atoms with E-state index in [1.165, 1.54) is 0 Å². The molecule has 1 aromatic carbocycles. The van der Waals surface area contributed by atoms with Crippen molar-refractivity contribution in [2.45, 2.75) is 63.0 Å². The number of carboxylic acids is 1. The first-order valence-electron chi connectivity index (χ1n) is 9.78. The van der Waals surface area contributed by atoms with Gasteiger partial charge in [0.15, 0.2) is 6.10 Å². The van der Waals surface area contributed by atoms with E-state index in [1.807, 2.05) is 0 Å². The molecule has 1 aromatic rings. The van der Waals surface area contributed by atoms with Crippen LogP contribution in [0.3, 0.4) is 0 Å². The molecule has 0 spiro atoms. The number of benzene rings is 1. The molecule has 0 heterocycles. The summed E-state index contributed by atoms with van der Waals surface area (Å²) in [4.78, 5) is 33.8. The van der Waals surface area contributed by atoms with Crippen molar-refractivity contribution in [1.82, 2.24) is 5.32 Å². The molecule has 0 aliphatic rings. The van der Waals surface area contributed by atoms with E-state index in [4.69, 9.17) is 10.3 Å². The monoisotopic (exact) mass is 468 g/mol. The van der Waals surface area contributed by atoms with Gasteiger partial charge < -0.3 is 21.1 Å². The fourth-order valence-corrected chi connectivity index (χ4v) is 4.20. The van der Waals surface area contributed by atoms with Crippen molar-refractivity contribution < 1.29 is 41.8 Å². The Balaban J connectivity index is 2.86. The number of carbonyl (C=O) groups excluding carboxylic acids is 1. The molecule has 8 nitrogen and oxygen atoms in total. The summed E-state index contributed by atoms with van der Waals surface area (Å²) in [7, 11) is -4.94. The zero-order chi connectivity index (χ0) is 23.5. The van der Waals surface area contributed by atoms with Crippen LogP contribution in [0.1, 0.15) is 44.1 Å². The largest absolute Gasteiger partial charge is 0.479 e. The van der Waals surface area contributed by atoms with Crippen LogP contribution in [0.4, 0.5) is 13.2 Å². The van der Waals surface area contributed by atoms with Crippen LogP contribution < -0.4 is 11.1 Å². The average Bonchev–Trinajstić information content (AvgIpc) is 2.68. The molecule has 0 saturated heterocycles. The number of carboxylic acid groups (broad SMARTS) is 1. The van der Waals surface area contributed by atoms with Crippen molar-refractivity contribution in [2.24, 2.45) is 5.73 Å².